The van der Waals surface area contributed by atoms with Crippen molar-refractivity contribution in [3.05, 3.63) is 18.3 Å². The van der Waals surface area contributed by atoms with E-state index in [2.05, 4.69) is 30.8 Å². The van der Waals surface area contributed by atoms with Crippen molar-refractivity contribution in [2.45, 2.75) is 39.8 Å². The van der Waals surface area contributed by atoms with Crippen molar-refractivity contribution in [2.75, 3.05) is 11.1 Å². The molecule has 0 fully saturated rings. The van der Waals surface area contributed by atoms with Gasteiger partial charge in [-0.15, -0.1) is 6.58 Å². The molecule has 0 amide bonds. The van der Waals surface area contributed by atoms with Crippen LogP contribution in [-0.4, -0.2) is 15.8 Å². The number of rotatable bonds is 4. The largest absolute Gasteiger partial charge is 0.394 e. The van der Waals surface area contributed by atoms with Gasteiger partial charge in [0.05, 0.1) is 11.4 Å². The Bertz CT molecular complexity index is 352. The Kier molecular flexibility index (Phi) is 3.39. The SMILES string of the molecule is C=CC(C)Nc1c(N)c(C)nn1C(C)C. The second-order valence-electron chi connectivity index (χ2n) is 4.05. The Labute approximate surface area is 91.2 Å². The summed E-state index contributed by atoms with van der Waals surface area (Å²) in [5.41, 5.74) is 7.55. The van der Waals surface area contributed by atoms with Gasteiger partial charge in [-0.1, -0.05) is 6.08 Å². The fraction of sp³-hybridized carbons (Fsp3) is 0.545. The molecule has 0 spiro atoms. The van der Waals surface area contributed by atoms with Crippen LogP contribution >= 0.6 is 0 Å². The zero-order valence-electron chi connectivity index (χ0n) is 9.91. The standard InChI is InChI=1S/C11H20N4/c1-6-8(4)13-11-10(12)9(5)14-15(11)7(2)3/h6-8,13H,1,12H2,2-5H3. The number of hydrogen-bond acceptors (Lipinski definition) is 3. The maximum Gasteiger partial charge on any atom is 0.148 e. The van der Waals surface area contributed by atoms with E-state index in [9.17, 15) is 0 Å². The molecule has 4 heteroatoms. The summed E-state index contributed by atoms with van der Waals surface area (Å²) in [6.07, 6.45) is 1.84. The molecule has 1 atom stereocenters. The van der Waals surface area contributed by atoms with Gasteiger partial charge < -0.3 is 11.1 Å². The third kappa shape index (κ3) is 2.32. The molecule has 0 aliphatic heterocycles. The third-order valence-corrected chi connectivity index (χ3v) is 2.34. The quantitative estimate of drug-likeness (QED) is 0.747. The van der Waals surface area contributed by atoms with E-state index in [-0.39, 0.29) is 6.04 Å². The maximum atomic E-state index is 5.96. The Hall–Kier alpha value is -1.45. The maximum absolute atomic E-state index is 5.96. The van der Waals surface area contributed by atoms with Crippen molar-refractivity contribution in [2.24, 2.45) is 0 Å². The van der Waals surface area contributed by atoms with E-state index in [0.29, 0.717) is 6.04 Å². The van der Waals surface area contributed by atoms with Crippen molar-refractivity contribution in [3.8, 4) is 0 Å². The molecule has 1 rings (SSSR count). The van der Waals surface area contributed by atoms with Crippen molar-refractivity contribution in [3.63, 3.8) is 0 Å². The molecular weight excluding hydrogens is 188 g/mol. The number of nitrogens with one attached hydrogen (secondary N) is 1. The van der Waals surface area contributed by atoms with Crippen molar-refractivity contribution < 1.29 is 0 Å². The molecular formula is C11H20N4. The molecule has 0 radical (unpaired) electrons. The molecule has 3 N–H and O–H groups in total. The predicted octanol–water partition coefficient (Wildman–Crippen LogP) is 2.34. The molecule has 84 valence electrons. The van der Waals surface area contributed by atoms with Gasteiger partial charge in [0.2, 0.25) is 0 Å². The van der Waals surface area contributed by atoms with Gasteiger partial charge in [-0.2, -0.15) is 5.10 Å². The van der Waals surface area contributed by atoms with Crippen LogP contribution in [0.2, 0.25) is 0 Å². The summed E-state index contributed by atoms with van der Waals surface area (Å²) in [4.78, 5) is 0. The van der Waals surface area contributed by atoms with Gasteiger partial charge in [0.1, 0.15) is 5.82 Å². The number of aryl methyl sites for hydroxylation is 1. The first kappa shape index (κ1) is 11.6. The Morgan fingerprint density at radius 1 is 1.47 bits per heavy atom. The Morgan fingerprint density at radius 3 is 2.53 bits per heavy atom. The van der Waals surface area contributed by atoms with Crippen LogP contribution < -0.4 is 11.1 Å². The van der Waals surface area contributed by atoms with Crippen LogP contribution in [0, 0.1) is 6.92 Å². The number of nitrogens with zero attached hydrogens (tertiary/aromatic N) is 2. The van der Waals surface area contributed by atoms with Crippen molar-refractivity contribution in [1.82, 2.24) is 9.78 Å². The molecule has 1 aromatic heterocycles. The normalized spacial score (nSPS) is 12.9. The fourth-order valence-corrected chi connectivity index (χ4v) is 1.35. The number of nitrogens with two attached hydrogens (primary N) is 1. The molecule has 1 aromatic rings. The predicted molar refractivity (Wildman–Crippen MR) is 65.0 cm³/mol. The van der Waals surface area contributed by atoms with E-state index >= 15 is 0 Å². The van der Waals surface area contributed by atoms with Crippen molar-refractivity contribution in [1.29, 1.82) is 0 Å². The highest BCUT2D eigenvalue weighted by atomic mass is 15.4. The summed E-state index contributed by atoms with van der Waals surface area (Å²) in [6.45, 7) is 11.8. The lowest BCUT2D eigenvalue weighted by atomic mass is 10.3. The zero-order chi connectivity index (χ0) is 11.6. The first-order chi connectivity index (χ1) is 6.97. The van der Waals surface area contributed by atoms with E-state index in [1.807, 2.05) is 24.6 Å². The summed E-state index contributed by atoms with van der Waals surface area (Å²) < 4.78 is 1.91. The zero-order valence-corrected chi connectivity index (χ0v) is 9.91. The van der Waals surface area contributed by atoms with Gasteiger partial charge in [-0.3, -0.25) is 0 Å². The highest BCUT2D eigenvalue weighted by Gasteiger charge is 2.15. The molecule has 0 saturated carbocycles. The molecule has 0 aromatic carbocycles. The van der Waals surface area contributed by atoms with Crippen LogP contribution in [0.5, 0.6) is 0 Å². The molecule has 15 heavy (non-hydrogen) atoms. The average Bonchev–Trinajstić information content (AvgIpc) is 2.46. The molecule has 0 aliphatic carbocycles. The van der Waals surface area contributed by atoms with Crippen molar-refractivity contribution >= 4 is 11.5 Å². The topological polar surface area (TPSA) is 55.9 Å². The first-order valence-electron chi connectivity index (χ1n) is 5.21. The van der Waals surface area contributed by atoms with E-state index in [0.717, 1.165) is 17.2 Å². The average molecular weight is 208 g/mol. The lowest BCUT2D eigenvalue weighted by Gasteiger charge is -2.16. The summed E-state index contributed by atoms with van der Waals surface area (Å²) in [5, 5.41) is 7.68. The van der Waals surface area contributed by atoms with Crippen LogP contribution in [0.4, 0.5) is 11.5 Å². The van der Waals surface area contributed by atoms with Crippen LogP contribution in [0.25, 0.3) is 0 Å². The van der Waals surface area contributed by atoms with Crippen LogP contribution in [0.3, 0.4) is 0 Å². The van der Waals surface area contributed by atoms with Gasteiger partial charge in [0, 0.05) is 12.1 Å². The minimum absolute atomic E-state index is 0.181. The number of anilines is 2. The number of nitrogen functional groups attached to an aromatic ring is 1. The Balaban J connectivity index is 3.07. The molecule has 0 bridgehead atoms. The number of hydrogen-bond donors (Lipinski definition) is 2. The second-order valence-corrected chi connectivity index (χ2v) is 4.05. The van der Waals surface area contributed by atoms with E-state index < -0.39 is 0 Å². The third-order valence-electron chi connectivity index (χ3n) is 2.34. The van der Waals surface area contributed by atoms with Gasteiger partial charge in [0.25, 0.3) is 0 Å². The first-order valence-corrected chi connectivity index (χ1v) is 5.21. The highest BCUT2D eigenvalue weighted by molar-refractivity contribution is 5.65. The molecule has 1 unspecified atom stereocenters. The van der Waals surface area contributed by atoms with Gasteiger partial charge in [0.15, 0.2) is 0 Å². The molecule has 0 aliphatic rings. The summed E-state index contributed by atoms with van der Waals surface area (Å²) in [6, 6.07) is 0.474. The summed E-state index contributed by atoms with van der Waals surface area (Å²) in [5.74, 6) is 0.884. The highest BCUT2D eigenvalue weighted by Crippen LogP contribution is 2.26. The van der Waals surface area contributed by atoms with Gasteiger partial charge in [-0.25, -0.2) is 4.68 Å². The minimum atomic E-state index is 0.181. The summed E-state index contributed by atoms with van der Waals surface area (Å²) in [7, 11) is 0. The fourth-order valence-electron chi connectivity index (χ4n) is 1.35. The van der Waals surface area contributed by atoms with Crippen LogP contribution in [-0.2, 0) is 0 Å². The lowest BCUT2D eigenvalue weighted by molar-refractivity contribution is 0.533. The second kappa shape index (κ2) is 4.38. The lowest BCUT2D eigenvalue weighted by Crippen LogP contribution is -2.17. The molecule has 4 nitrogen and oxygen atoms in total. The molecule has 1 heterocycles. The molecule has 0 saturated heterocycles. The summed E-state index contributed by atoms with van der Waals surface area (Å²) >= 11 is 0. The van der Waals surface area contributed by atoms with Gasteiger partial charge >= 0.3 is 0 Å². The monoisotopic (exact) mass is 208 g/mol. The van der Waals surface area contributed by atoms with E-state index in [1.165, 1.54) is 0 Å². The number of aromatic nitrogens is 2. The van der Waals surface area contributed by atoms with Crippen LogP contribution in [0.15, 0.2) is 12.7 Å². The minimum Gasteiger partial charge on any atom is -0.394 e. The van der Waals surface area contributed by atoms with Gasteiger partial charge in [-0.05, 0) is 27.7 Å². The Morgan fingerprint density at radius 2 is 2.07 bits per heavy atom. The van der Waals surface area contributed by atoms with E-state index in [1.54, 1.807) is 0 Å². The smallest absolute Gasteiger partial charge is 0.148 e. The van der Waals surface area contributed by atoms with Crippen LogP contribution in [0.1, 0.15) is 32.5 Å². The van der Waals surface area contributed by atoms with E-state index in [4.69, 9.17) is 5.73 Å².